The first-order chi connectivity index (χ1) is 13.5. The first-order valence-corrected chi connectivity index (χ1v) is 9.68. The molecule has 0 spiro atoms. The van der Waals surface area contributed by atoms with Crippen molar-refractivity contribution in [3.8, 4) is 0 Å². The maximum Gasteiger partial charge on any atom is 0.338 e. The molecular formula is C23H24N2O3. The third kappa shape index (κ3) is 3.79. The first-order valence-electron chi connectivity index (χ1n) is 9.68. The molecule has 1 heterocycles. The third-order valence-electron chi connectivity index (χ3n) is 5.17. The molecule has 0 bridgehead atoms. The zero-order valence-corrected chi connectivity index (χ0v) is 16.2. The molecule has 0 atom stereocenters. The lowest BCUT2D eigenvalue weighted by Gasteiger charge is -2.10. The number of rotatable bonds is 4. The third-order valence-corrected chi connectivity index (χ3v) is 5.17. The summed E-state index contributed by atoms with van der Waals surface area (Å²) in [5.74, 6) is -0.832. The molecule has 2 aromatic carbocycles. The van der Waals surface area contributed by atoms with Crippen molar-refractivity contribution in [1.29, 1.82) is 0 Å². The molecule has 0 aliphatic heterocycles. The number of aromatic nitrogens is 1. The molecule has 0 fully saturated rings. The van der Waals surface area contributed by atoms with Crippen LogP contribution in [0, 0.1) is 13.8 Å². The smallest absolute Gasteiger partial charge is 0.338 e. The fourth-order valence-electron chi connectivity index (χ4n) is 3.99. The van der Waals surface area contributed by atoms with Crippen molar-refractivity contribution >= 4 is 28.5 Å². The van der Waals surface area contributed by atoms with E-state index in [4.69, 9.17) is 4.74 Å². The summed E-state index contributed by atoms with van der Waals surface area (Å²) in [6, 6.07) is 11.3. The zero-order chi connectivity index (χ0) is 19.7. The van der Waals surface area contributed by atoms with Gasteiger partial charge >= 0.3 is 5.97 Å². The number of anilines is 1. The van der Waals surface area contributed by atoms with Gasteiger partial charge in [-0.25, -0.2) is 4.79 Å². The van der Waals surface area contributed by atoms with Crippen LogP contribution in [0.3, 0.4) is 0 Å². The number of amides is 1. The van der Waals surface area contributed by atoms with Gasteiger partial charge in [0.05, 0.1) is 5.56 Å². The van der Waals surface area contributed by atoms with Gasteiger partial charge in [0.2, 0.25) is 0 Å². The number of H-pyrrole nitrogens is 1. The summed E-state index contributed by atoms with van der Waals surface area (Å²) < 4.78 is 5.23. The molecule has 1 amide bonds. The van der Waals surface area contributed by atoms with Crippen molar-refractivity contribution in [3.63, 3.8) is 0 Å². The Balaban J connectivity index is 1.42. The maximum absolute atomic E-state index is 12.4. The van der Waals surface area contributed by atoms with E-state index in [0.29, 0.717) is 11.3 Å². The minimum Gasteiger partial charge on any atom is -0.452 e. The van der Waals surface area contributed by atoms with Gasteiger partial charge in [-0.1, -0.05) is 6.07 Å². The van der Waals surface area contributed by atoms with Crippen LogP contribution in [0.25, 0.3) is 10.9 Å². The fraction of sp³-hybridized carbons (Fsp3) is 0.304. The predicted molar refractivity (Wildman–Crippen MR) is 110 cm³/mol. The number of aromatic amines is 1. The number of carbonyl (C=O) groups excluding carboxylic acids is 2. The number of nitrogens with one attached hydrogen (secondary N) is 2. The monoisotopic (exact) mass is 376 g/mol. The molecule has 0 saturated heterocycles. The van der Waals surface area contributed by atoms with Gasteiger partial charge in [-0.3, -0.25) is 4.79 Å². The highest BCUT2D eigenvalue weighted by atomic mass is 16.5. The molecule has 5 nitrogen and oxygen atoms in total. The van der Waals surface area contributed by atoms with Gasteiger partial charge in [-0.15, -0.1) is 0 Å². The summed E-state index contributed by atoms with van der Waals surface area (Å²) in [4.78, 5) is 28.0. The Morgan fingerprint density at radius 1 is 1.04 bits per heavy atom. The molecular weight excluding hydrogens is 352 g/mol. The molecule has 0 saturated carbocycles. The lowest BCUT2D eigenvalue weighted by molar-refractivity contribution is -0.119. The van der Waals surface area contributed by atoms with Gasteiger partial charge in [0.15, 0.2) is 6.61 Å². The minimum absolute atomic E-state index is 0.310. The summed E-state index contributed by atoms with van der Waals surface area (Å²) >= 11 is 0. The normalized spacial score (nSPS) is 13.2. The van der Waals surface area contributed by atoms with Gasteiger partial charge in [0, 0.05) is 22.3 Å². The number of ether oxygens (including phenoxy) is 1. The summed E-state index contributed by atoms with van der Waals surface area (Å²) in [5.41, 5.74) is 6.95. The predicted octanol–water partition coefficient (Wildman–Crippen LogP) is 4.46. The van der Waals surface area contributed by atoms with Crippen molar-refractivity contribution in [2.75, 3.05) is 11.9 Å². The van der Waals surface area contributed by atoms with Crippen LogP contribution < -0.4 is 5.32 Å². The van der Waals surface area contributed by atoms with Crippen molar-refractivity contribution in [3.05, 3.63) is 64.3 Å². The van der Waals surface area contributed by atoms with Crippen LogP contribution in [0.4, 0.5) is 5.69 Å². The maximum atomic E-state index is 12.4. The number of fused-ring (bicyclic) bond motifs is 3. The van der Waals surface area contributed by atoms with Crippen LogP contribution in [0.1, 0.15) is 45.6 Å². The van der Waals surface area contributed by atoms with Crippen molar-refractivity contribution in [2.45, 2.75) is 39.5 Å². The molecule has 144 valence electrons. The molecule has 5 heteroatoms. The molecule has 3 aromatic rings. The van der Waals surface area contributed by atoms with E-state index in [1.165, 1.54) is 24.1 Å². The van der Waals surface area contributed by atoms with Gasteiger partial charge < -0.3 is 15.0 Å². The van der Waals surface area contributed by atoms with E-state index >= 15 is 0 Å². The Morgan fingerprint density at radius 3 is 2.57 bits per heavy atom. The largest absolute Gasteiger partial charge is 0.452 e. The summed E-state index contributed by atoms with van der Waals surface area (Å²) in [6.45, 7) is 3.63. The molecule has 1 aliphatic rings. The number of aryl methyl sites for hydroxylation is 4. The Morgan fingerprint density at radius 2 is 1.79 bits per heavy atom. The van der Waals surface area contributed by atoms with E-state index in [2.05, 4.69) is 10.3 Å². The van der Waals surface area contributed by atoms with Crippen molar-refractivity contribution < 1.29 is 14.3 Å². The average Bonchev–Trinajstić information content (AvgIpc) is 3.03. The van der Waals surface area contributed by atoms with E-state index in [1.807, 2.05) is 44.2 Å². The molecule has 1 aliphatic carbocycles. The number of carbonyl (C=O) groups is 2. The van der Waals surface area contributed by atoms with Crippen molar-refractivity contribution in [2.24, 2.45) is 0 Å². The zero-order valence-electron chi connectivity index (χ0n) is 16.2. The second-order valence-corrected chi connectivity index (χ2v) is 7.55. The summed E-state index contributed by atoms with van der Waals surface area (Å²) in [6.07, 6.45) is 4.46. The first kappa shape index (κ1) is 18.3. The van der Waals surface area contributed by atoms with E-state index in [0.717, 1.165) is 34.9 Å². The molecule has 0 unspecified atom stereocenters. The van der Waals surface area contributed by atoms with Gasteiger partial charge in [0.1, 0.15) is 0 Å². The van der Waals surface area contributed by atoms with E-state index in [9.17, 15) is 9.59 Å². The summed E-state index contributed by atoms with van der Waals surface area (Å²) in [5, 5.41) is 3.86. The lowest BCUT2D eigenvalue weighted by atomic mass is 9.95. The van der Waals surface area contributed by atoms with E-state index in [1.54, 1.807) is 6.07 Å². The second-order valence-electron chi connectivity index (χ2n) is 7.55. The van der Waals surface area contributed by atoms with E-state index < -0.39 is 5.97 Å². The number of hydrogen-bond donors (Lipinski definition) is 2. The molecule has 28 heavy (non-hydrogen) atoms. The summed E-state index contributed by atoms with van der Waals surface area (Å²) in [7, 11) is 0. The Labute approximate surface area is 164 Å². The standard InChI is InChI=1S/C23H24N2O3/c1-14-9-15(2)11-17(10-14)24-22(26)13-28-23(27)16-7-8-21-19(12-16)18-5-3-4-6-20(18)25-21/h7-12,25H,3-6,13H2,1-2H3,(H,24,26). The fourth-order valence-corrected chi connectivity index (χ4v) is 3.99. The average molecular weight is 376 g/mol. The van der Waals surface area contributed by atoms with Crippen molar-refractivity contribution in [1.82, 2.24) is 4.98 Å². The van der Waals surface area contributed by atoms with Gasteiger partial charge in [0.25, 0.3) is 5.91 Å². The highest BCUT2D eigenvalue weighted by Crippen LogP contribution is 2.29. The van der Waals surface area contributed by atoms with E-state index in [-0.39, 0.29) is 12.5 Å². The highest BCUT2D eigenvalue weighted by Gasteiger charge is 2.17. The number of esters is 1. The molecule has 1 aromatic heterocycles. The van der Waals surface area contributed by atoms with Crippen LogP contribution in [0.5, 0.6) is 0 Å². The number of hydrogen-bond acceptors (Lipinski definition) is 3. The van der Waals surface area contributed by atoms with Crippen LogP contribution in [0.2, 0.25) is 0 Å². The minimum atomic E-state index is -0.483. The van der Waals surface area contributed by atoms with Crippen LogP contribution in [-0.2, 0) is 22.4 Å². The molecule has 2 N–H and O–H groups in total. The number of benzene rings is 2. The Hall–Kier alpha value is -3.08. The quantitative estimate of drug-likeness (QED) is 0.661. The highest BCUT2D eigenvalue weighted by molar-refractivity contribution is 5.98. The van der Waals surface area contributed by atoms with Crippen LogP contribution in [0.15, 0.2) is 36.4 Å². The SMILES string of the molecule is Cc1cc(C)cc(NC(=O)COC(=O)c2ccc3[nH]c4c(c3c2)CCCC4)c1. The topological polar surface area (TPSA) is 71.2 Å². The van der Waals surface area contributed by atoms with Crippen LogP contribution in [-0.4, -0.2) is 23.5 Å². The lowest BCUT2D eigenvalue weighted by Crippen LogP contribution is -2.21. The molecule has 0 radical (unpaired) electrons. The molecule has 4 rings (SSSR count). The van der Waals surface area contributed by atoms with Crippen LogP contribution >= 0.6 is 0 Å². The van der Waals surface area contributed by atoms with Gasteiger partial charge in [-0.05, 0) is 86.6 Å². The second kappa shape index (κ2) is 7.50. The Bertz CT molecular complexity index is 1040. The van der Waals surface area contributed by atoms with Gasteiger partial charge in [-0.2, -0.15) is 0 Å². The Kier molecular flexibility index (Phi) is 4.90.